The Bertz CT molecular complexity index is 1150. The Morgan fingerprint density at radius 1 is 0.303 bits per heavy atom. The number of carbonyl (C=O) groups is 3. The number of hydrogen-bond donors (Lipinski definition) is 0. The Morgan fingerprint density at radius 2 is 0.576 bits per heavy atom. The van der Waals surface area contributed by atoms with Gasteiger partial charge in [0.05, 0.1) is 0 Å². The standard InChI is InChI=1S/C60H108O6/c1-4-7-10-13-16-18-20-21-22-23-24-25-26-27-28-29-30-31-32-33-34-35-36-37-38-39-40-42-44-47-50-53-59(62)65-56-57(55-64-58(61)52-49-46-43-15-12-9-6-3)66-60(63)54-51-48-45-41-19-17-14-11-8-5-2/h11,14,20-21,23-24,26-27,57H,4-10,12-13,15-19,22,25,28-56H2,1-3H3/b14-11-,21-20-,24-23-,27-26-. The Morgan fingerprint density at radius 3 is 0.924 bits per heavy atom. The minimum atomic E-state index is -0.770. The van der Waals surface area contributed by atoms with Gasteiger partial charge >= 0.3 is 17.9 Å². The number of rotatable bonds is 52. The first-order valence-electron chi connectivity index (χ1n) is 28.6. The normalized spacial score (nSPS) is 12.3. The number of unbranched alkanes of at least 4 members (excludes halogenated alkanes) is 33. The molecule has 0 rings (SSSR count). The molecule has 0 radical (unpaired) electrons. The van der Waals surface area contributed by atoms with Crippen LogP contribution in [0, 0.1) is 0 Å². The van der Waals surface area contributed by atoms with E-state index < -0.39 is 6.10 Å². The monoisotopic (exact) mass is 925 g/mol. The van der Waals surface area contributed by atoms with Crippen molar-refractivity contribution in [1.29, 1.82) is 0 Å². The van der Waals surface area contributed by atoms with Crippen molar-refractivity contribution in [3.63, 3.8) is 0 Å². The van der Waals surface area contributed by atoms with Crippen molar-refractivity contribution in [2.24, 2.45) is 0 Å². The lowest BCUT2D eigenvalue weighted by Gasteiger charge is -2.18. The first-order chi connectivity index (χ1) is 32.5. The summed E-state index contributed by atoms with van der Waals surface area (Å²) in [6.07, 6.45) is 67.2. The number of allylic oxidation sites excluding steroid dienone is 8. The number of hydrogen-bond acceptors (Lipinski definition) is 6. The molecule has 0 aromatic rings. The van der Waals surface area contributed by atoms with Crippen molar-refractivity contribution < 1.29 is 28.6 Å². The second kappa shape index (κ2) is 55.0. The molecule has 0 amide bonds. The molecule has 384 valence electrons. The average Bonchev–Trinajstić information content (AvgIpc) is 3.31. The number of carbonyl (C=O) groups excluding carboxylic acids is 3. The van der Waals surface area contributed by atoms with Crippen molar-refractivity contribution in [1.82, 2.24) is 0 Å². The van der Waals surface area contributed by atoms with E-state index in [1.807, 2.05) is 0 Å². The maximum Gasteiger partial charge on any atom is 0.306 e. The van der Waals surface area contributed by atoms with Crippen LogP contribution in [0.4, 0.5) is 0 Å². The van der Waals surface area contributed by atoms with Gasteiger partial charge < -0.3 is 14.2 Å². The van der Waals surface area contributed by atoms with Gasteiger partial charge in [-0.2, -0.15) is 0 Å². The SMILES string of the molecule is CCC/C=C\CCCCCCCC(=O)OC(COC(=O)CCCCCCCCC)COC(=O)CCCCCCCCCCCCCCCCCC/C=C\C/C=C\C/C=C\CCCCCCC. The highest BCUT2D eigenvalue weighted by molar-refractivity contribution is 5.71. The van der Waals surface area contributed by atoms with Crippen molar-refractivity contribution in [3.8, 4) is 0 Å². The van der Waals surface area contributed by atoms with Gasteiger partial charge in [0.15, 0.2) is 6.10 Å². The van der Waals surface area contributed by atoms with Gasteiger partial charge in [-0.15, -0.1) is 0 Å². The summed E-state index contributed by atoms with van der Waals surface area (Å²) in [6.45, 7) is 6.53. The fraction of sp³-hybridized carbons (Fsp3) is 0.817. The lowest BCUT2D eigenvalue weighted by atomic mass is 10.0. The molecule has 1 atom stereocenters. The second-order valence-corrected chi connectivity index (χ2v) is 19.2. The van der Waals surface area contributed by atoms with Crippen LogP contribution in [0.25, 0.3) is 0 Å². The maximum atomic E-state index is 12.7. The molecule has 0 saturated carbocycles. The van der Waals surface area contributed by atoms with Gasteiger partial charge in [0, 0.05) is 19.3 Å². The minimum Gasteiger partial charge on any atom is -0.462 e. The predicted molar refractivity (Wildman–Crippen MR) is 284 cm³/mol. The average molecular weight is 926 g/mol. The summed E-state index contributed by atoms with van der Waals surface area (Å²) in [5, 5.41) is 0. The molecule has 0 N–H and O–H groups in total. The summed E-state index contributed by atoms with van der Waals surface area (Å²) < 4.78 is 16.7. The summed E-state index contributed by atoms with van der Waals surface area (Å²) in [4.78, 5) is 37.7. The molecule has 0 aromatic carbocycles. The summed E-state index contributed by atoms with van der Waals surface area (Å²) in [5.41, 5.74) is 0. The van der Waals surface area contributed by atoms with Crippen LogP contribution in [0.1, 0.15) is 297 Å². The molecule has 0 aliphatic rings. The molecule has 6 nitrogen and oxygen atoms in total. The van der Waals surface area contributed by atoms with Gasteiger partial charge in [-0.25, -0.2) is 0 Å². The summed E-state index contributed by atoms with van der Waals surface area (Å²) in [7, 11) is 0. The first-order valence-corrected chi connectivity index (χ1v) is 28.6. The molecule has 0 bridgehead atoms. The van der Waals surface area contributed by atoms with E-state index in [0.29, 0.717) is 19.3 Å². The van der Waals surface area contributed by atoms with E-state index in [-0.39, 0.29) is 31.1 Å². The molecule has 66 heavy (non-hydrogen) atoms. The number of esters is 3. The molecule has 0 aromatic heterocycles. The zero-order valence-corrected chi connectivity index (χ0v) is 44.0. The topological polar surface area (TPSA) is 78.9 Å². The van der Waals surface area contributed by atoms with Crippen LogP contribution in [0.5, 0.6) is 0 Å². The quantitative estimate of drug-likeness (QED) is 0.0262. The van der Waals surface area contributed by atoms with E-state index in [9.17, 15) is 14.4 Å². The van der Waals surface area contributed by atoms with Gasteiger partial charge in [-0.3, -0.25) is 14.4 Å². The molecule has 0 spiro atoms. The molecule has 0 aliphatic heterocycles. The van der Waals surface area contributed by atoms with E-state index in [2.05, 4.69) is 69.4 Å². The molecular formula is C60H108O6. The van der Waals surface area contributed by atoms with Crippen molar-refractivity contribution >= 4 is 17.9 Å². The van der Waals surface area contributed by atoms with E-state index in [0.717, 1.165) is 89.9 Å². The van der Waals surface area contributed by atoms with E-state index in [1.165, 1.54) is 167 Å². The Labute approximate surface area is 409 Å². The lowest BCUT2D eigenvalue weighted by molar-refractivity contribution is -0.167. The van der Waals surface area contributed by atoms with Gasteiger partial charge in [0.25, 0.3) is 0 Å². The highest BCUT2D eigenvalue weighted by Crippen LogP contribution is 2.16. The largest absolute Gasteiger partial charge is 0.462 e. The van der Waals surface area contributed by atoms with Gasteiger partial charge in [-0.1, -0.05) is 249 Å². The van der Waals surface area contributed by atoms with E-state index in [1.54, 1.807) is 0 Å². The van der Waals surface area contributed by atoms with Crippen LogP contribution in [0.3, 0.4) is 0 Å². The minimum absolute atomic E-state index is 0.0738. The second-order valence-electron chi connectivity index (χ2n) is 19.2. The summed E-state index contributed by atoms with van der Waals surface area (Å²) in [5.74, 6) is -0.883. The lowest BCUT2D eigenvalue weighted by Crippen LogP contribution is -2.30. The van der Waals surface area contributed by atoms with Crippen LogP contribution in [0.2, 0.25) is 0 Å². The van der Waals surface area contributed by atoms with Gasteiger partial charge in [-0.05, 0) is 77.0 Å². The van der Waals surface area contributed by atoms with Crippen LogP contribution in [-0.2, 0) is 28.6 Å². The summed E-state index contributed by atoms with van der Waals surface area (Å²) >= 11 is 0. The molecule has 0 fully saturated rings. The smallest absolute Gasteiger partial charge is 0.306 e. The Balaban J connectivity index is 3.95. The van der Waals surface area contributed by atoms with Crippen LogP contribution < -0.4 is 0 Å². The van der Waals surface area contributed by atoms with Crippen molar-refractivity contribution in [2.75, 3.05) is 13.2 Å². The van der Waals surface area contributed by atoms with E-state index in [4.69, 9.17) is 14.2 Å². The third kappa shape index (κ3) is 52.3. The third-order valence-electron chi connectivity index (χ3n) is 12.5. The Kier molecular flexibility index (Phi) is 52.8. The molecule has 1 unspecified atom stereocenters. The molecule has 0 aliphatic carbocycles. The predicted octanol–water partition coefficient (Wildman–Crippen LogP) is 19.0. The maximum absolute atomic E-state index is 12.7. The van der Waals surface area contributed by atoms with Gasteiger partial charge in [0.2, 0.25) is 0 Å². The van der Waals surface area contributed by atoms with Crippen molar-refractivity contribution in [2.45, 2.75) is 303 Å². The van der Waals surface area contributed by atoms with E-state index >= 15 is 0 Å². The highest BCUT2D eigenvalue weighted by Gasteiger charge is 2.19. The van der Waals surface area contributed by atoms with Crippen LogP contribution in [0.15, 0.2) is 48.6 Å². The highest BCUT2D eigenvalue weighted by atomic mass is 16.6. The molecular weight excluding hydrogens is 817 g/mol. The Hall–Kier alpha value is -2.63. The van der Waals surface area contributed by atoms with Crippen molar-refractivity contribution in [3.05, 3.63) is 48.6 Å². The van der Waals surface area contributed by atoms with Crippen LogP contribution >= 0.6 is 0 Å². The number of ether oxygens (including phenoxy) is 3. The third-order valence-corrected chi connectivity index (χ3v) is 12.5. The first kappa shape index (κ1) is 63.4. The zero-order valence-electron chi connectivity index (χ0n) is 44.0. The molecule has 0 heterocycles. The van der Waals surface area contributed by atoms with Crippen LogP contribution in [-0.4, -0.2) is 37.2 Å². The summed E-state index contributed by atoms with van der Waals surface area (Å²) in [6, 6.07) is 0. The fourth-order valence-corrected chi connectivity index (χ4v) is 8.22. The zero-order chi connectivity index (χ0) is 47.9. The fourth-order valence-electron chi connectivity index (χ4n) is 8.22. The van der Waals surface area contributed by atoms with Gasteiger partial charge in [0.1, 0.15) is 13.2 Å². The molecule has 0 saturated heterocycles. The molecule has 6 heteroatoms.